The zero-order valence-electron chi connectivity index (χ0n) is 11.5. The van der Waals surface area contributed by atoms with Crippen molar-refractivity contribution in [1.82, 2.24) is 4.90 Å². The molecule has 0 bridgehead atoms. The van der Waals surface area contributed by atoms with Crippen LogP contribution in [0.1, 0.15) is 28.8 Å². The molecule has 0 aliphatic carbocycles. The van der Waals surface area contributed by atoms with Gasteiger partial charge < -0.3 is 10.6 Å². The Kier molecular flexibility index (Phi) is 4.11. The van der Waals surface area contributed by atoms with Crippen molar-refractivity contribution >= 4 is 11.6 Å². The van der Waals surface area contributed by atoms with Crippen molar-refractivity contribution in [2.24, 2.45) is 5.92 Å². The monoisotopic (exact) mass is 304 g/mol. The van der Waals surface area contributed by atoms with Gasteiger partial charge in [-0.25, -0.2) is 4.39 Å². The van der Waals surface area contributed by atoms with Crippen LogP contribution in [0.4, 0.5) is 23.2 Å². The average Bonchev–Trinajstić information content (AvgIpc) is 2.42. The lowest BCUT2D eigenvalue weighted by Crippen LogP contribution is -2.44. The number of carbonyl (C=O) groups is 1. The molecule has 1 aromatic carbocycles. The van der Waals surface area contributed by atoms with Crippen molar-refractivity contribution in [2.75, 3.05) is 18.8 Å². The van der Waals surface area contributed by atoms with E-state index in [4.69, 9.17) is 5.73 Å². The van der Waals surface area contributed by atoms with Gasteiger partial charge in [0.25, 0.3) is 5.91 Å². The number of benzene rings is 1. The van der Waals surface area contributed by atoms with Crippen LogP contribution < -0.4 is 5.73 Å². The SMILES string of the molecule is Cc1c(N)cc(C(=O)N2CCCC(C(F)(F)F)C2)cc1F. The molecule has 7 heteroatoms. The van der Waals surface area contributed by atoms with Crippen molar-refractivity contribution in [3.8, 4) is 0 Å². The molecule has 0 aromatic heterocycles. The van der Waals surface area contributed by atoms with Gasteiger partial charge in [0, 0.05) is 29.9 Å². The minimum absolute atomic E-state index is 0.0116. The van der Waals surface area contributed by atoms with E-state index in [-0.39, 0.29) is 36.2 Å². The summed E-state index contributed by atoms with van der Waals surface area (Å²) < 4.78 is 51.8. The van der Waals surface area contributed by atoms with E-state index >= 15 is 0 Å². The number of piperidine rings is 1. The summed E-state index contributed by atoms with van der Waals surface area (Å²) in [6, 6.07) is 2.32. The fraction of sp³-hybridized carbons (Fsp3) is 0.500. The topological polar surface area (TPSA) is 46.3 Å². The number of nitrogens with zero attached hydrogens (tertiary/aromatic N) is 1. The van der Waals surface area contributed by atoms with Crippen LogP contribution in [-0.2, 0) is 0 Å². The summed E-state index contributed by atoms with van der Waals surface area (Å²) in [5.74, 6) is -2.78. The Morgan fingerprint density at radius 3 is 2.62 bits per heavy atom. The lowest BCUT2D eigenvalue weighted by atomic mass is 9.96. The van der Waals surface area contributed by atoms with Crippen LogP contribution in [0.3, 0.4) is 0 Å². The van der Waals surface area contributed by atoms with Crippen LogP contribution in [0.5, 0.6) is 0 Å². The Morgan fingerprint density at radius 2 is 2.05 bits per heavy atom. The normalized spacial score (nSPS) is 19.7. The van der Waals surface area contributed by atoms with E-state index in [0.717, 1.165) is 11.0 Å². The number of hydrogen-bond acceptors (Lipinski definition) is 2. The molecule has 2 N–H and O–H groups in total. The number of nitrogen functional groups attached to an aromatic ring is 1. The first-order chi connectivity index (χ1) is 9.70. The molecular formula is C14H16F4N2O. The van der Waals surface area contributed by atoms with Gasteiger partial charge in [0.1, 0.15) is 5.82 Å². The van der Waals surface area contributed by atoms with Crippen LogP contribution in [-0.4, -0.2) is 30.1 Å². The molecule has 1 aliphatic rings. The summed E-state index contributed by atoms with van der Waals surface area (Å²) in [6.07, 6.45) is -4.03. The lowest BCUT2D eigenvalue weighted by Gasteiger charge is -2.33. The third-order valence-corrected chi connectivity index (χ3v) is 3.80. The minimum atomic E-state index is -4.32. The highest BCUT2D eigenvalue weighted by Crippen LogP contribution is 2.33. The second-order valence-corrected chi connectivity index (χ2v) is 5.30. The molecule has 1 saturated heterocycles. The third-order valence-electron chi connectivity index (χ3n) is 3.80. The van der Waals surface area contributed by atoms with Crippen molar-refractivity contribution in [2.45, 2.75) is 25.9 Å². The van der Waals surface area contributed by atoms with Gasteiger partial charge in [-0.2, -0.15) is 13.2 Å². The van der Waals surface area contributed by atoms with Crippen LogP contribution in [0.2, 0.25) is 0 Å². The van der Waals surface area contributed by atoms with Gasteiger partial charge in [-0.15, -0.1) is 0 Å². The highest BCUT2D eigenvalue weighted by atomic mass is 19.4. The molecule has 116 valence electrons. The molecule has 1 aromatic rings. The molecule has 21 heavy (non-hydrogen) atoms. The zero-order chi connectivity index (χ0) is 15.8. The summed E-state index contributed by atoms with van der Waals surface area (Å²) in [6.45, 7) is 1.32. The molecule has 1 unspecified atom stereocenters. The molecule has 1 atom stereocenters. The first kappa shape index (κ1) is 15.6. The predicted molar refractivity (Wildman–Crippen MR) is 70.2 cm³/mol. The highest BCUT2D eigenvalue weighted by molar-refractivity contribution is 5.95. The lowest BCUT2D eigenvalue weighted by molar-refractivity contribution is -0.184. The number of carbonyl (C=O) groups excluding carboxylic acids is 1. The molecule has 0 saturated carbocycles. The predicted octanol–water partition coefficient (Wildman–Crippen LogP) is 3.13. The quantitative estimate of drug-likeness (QED) is 0.640. The Labute approximate surface area is 119 Å². The maximum Gasteiger partial charge on any atom is 0.393 e. The van der Waals surface area contributed by atoms with Gasteiger partial charge >= 0.3 is 6.18 Å². The zero-order valence-corrected chi connectivity index (χ0v) is 11.5. The van der Waals surface area contributed by atoms with E-state index in [9.17, 15) is 22.4 Å². The summed E-state index contributed by atoms with van der Waals surface area (Å²) in [5.41, 5.74) is 5.91. The van der Waals surface area contributed by atoms with E-state index in [1.807, 2.05) is 0 Å². The standard InChI is InChI=1S/C14H16F4N2O/c1-8-11(15)5-9(6-12(8)19)13(21)20-4-2-3-10(7-20)14(16,17)18/h5-6,10H,2-4,7,19H2,1H3. The fourth-order valence-corrected chi connectivity index (χ4v) is 2.43. The van der Waals surface area contributed by atoms with Gasteiger partial charge in [0.05, 0.1) is 5.92 Å². The largest absolute Gasteiger partial charge is 0.398 e. The number of rotatable bonds is 1. The molecule has 2 rings (SSSR count). The van der Waals surface area contributed by atoms with Crippen molar-refractivity contribution in [3.05, 3.63) is 29.1 Å². The number of anilines is 1. The van der Waals surface area contributed by atoms with E-state index in [0.29, 0.717) is 0 Å². The number of likely N-dealkylation sites (tertiary alicyclic amines) is 1. The van der Waals surface area contributed by atoms with Crippen molar-refractivity contribution in [3.63, 3.8) is 0 Å². The molecule has 1 amide bonds. The fourth-order valence-electron chi connectivity index (χ4n) is 2.43. The third kappa shape index (κ3) is 3.28. The van der Waals surface area contributed by atoms with E-state index < -0.39 is 30.4 Å². The first-order valence-corrected chi connectivity index (χ1v) is 6.61. The maximum absolute atomic E-state index is 13.6. The van der Waals surface area contributed by atoms with Crippen LogP contribution in [0, 0.1) is 18.7 Å². The highest BCUT2D eigenvalue weighted by Gasteiger charge is 2.42. The number of nitrogens with two attached hydrogens (primary N) is 1. The molecule has 1 fully saturated rings. The van der Waals surface area contributed by atoms with E-state index in [2.05, 4.69) is 0 Å². The van der Waals surface area contributed by atoms with Gasteiger partial charge in [-0.3, -0.25) is 4.79 Å². The minimum Gasteiger partial charge on any atom is -0.398 e. The Morgan fingerprint density at radius 1 is 1.38 bits per heavy atom. The van der Waals surface area contributed by atoms with Gasteiger partial charge in [-0.1, -0.05) is 0 Å². The Bertz CT molecular complexity index is 533. The van der Waals surface area contributed by atoms with Crippen LogP contribution >= 0.6 is 0 Å². The summed E-state index contributed by atoms with van der Waals surface area (Å²) in [4.78, 5) is 13.3. The molecule has 1 aliphatic heterocycles. The van der Waals surface area contributed by atoms with Crippen LogP contribution in [0.15, 0.2) is 12.1 Å². The maximum atomic E-state index is 13.6. The number of hydrogen-bond donors (Lipinski definition) is 1. The molecular weight excluding hydrogens is 288 g/mol. The summed E-state index contributed by atoms with van der Waals surface area (Å²) in [7, 11) is 0. The second kappa shape index (κ2) is 5.54. The molecule has 3 nitrogen and oxygen atoms in total. The average molecular weight is 304 g/mol. The van der Waals surface area contributed by atoms with Crippen molar-refractivity contribution < 1.29 is 22.4 Å². The molecule has 0 spiro atoms. The van der Waals surface area contributed by atoms with Gasteiger partial charge in [-0.05, 0) is 31.9 Å². The van der Waals surface area contributed by atoms with Gasteiger partial charge in [0.2, 0.25) is 0 Å². The molecule has 0 radical (unpaired) electrons. The van der Waals surface area contributed by atoms with Crippen LogP contribution in [0.25, 0.3) is 0 Å². The van der Waals surface area contributed by atoms with E-state index in [1.54, 1.807) is 0 Å². The molecule has 1 heterocycles. The number of alkyl halides is 3. The Hall–Kier alpha value is -1.79. The number of amides is 1. The Balaban J connectivity index is 2.20. The van der Waals surface area contributed by atoms with Gasteiger partial charge in [0.15, 0.2) is 0 Å². The second-order valence-electron chi connectivity index (χ2n) is 5.30. The summed E-state index contributed by atoms with van der Waals surface area (Å²) >= 11 is 0. The first-order valence-electron chi connectivity index (χ1n) is 6.61. The van der Waals surface area contributed by atoms with Crippen molar-refractivity contribution in [1.29, 1.82) is 0 Å². The number of halogens is 4. The van der Waals surface area contributed by atoms with E-state index in [1.165, 1.54) is 13.0 Å². The smallest absolute Gasteiger partial charge is 0.393 e. The summed E-state index contributed by atoms with van der Waals surface area (Å²) in [5, 5.41) is 0.